The Morgan fingerprint density at radius 2 is 1.53 bits per heavy atom. The first-order chi connectivity index (χ1) is 16.2. The maximum Gasteiger partial charge on any atom is 0.325 e. The number of anilines is 1. The van der Waals surface area contributed by atoms with Crippen LogP contribution in [0.1, 0.15) is 56.6 Å². The number of imide groups is 1. The van der Waals surface area contributed by atoms with Crippen molar-refractivity contribution in [1.29, 1.82) is 0 Å². The molecule has 1 aromatic carbocycles. The number of rotatable bonds is 4. The highest BCUT2D eigenvalue weighted by molar-refractivity contribution is 6.03. The van der Waals surface area contributed by atoms with Crippen LogP contribution in [0.2, 0.25) is 0 Å². The van der Waals surface area contributed by atoms with E-state index in [0.29, 0.717) is 37.8 Å². The third kappa shape index (κ3) is 4.47. The van der Waals surface area contributed by atoms with E-state index in [1.165, 1.54) is 19.3 Å². The topological polar surface area (TPSA) is 81.8 Å². The molecular weight excluding hydrogens is 428 g/mol. The summed E-state index contributed by atoms with van der Waals surface area (Å²) in [6.45, 7) is 8.39. The van der Waals surface area contributed by atoms with Gasteiger partial charge in [0.15, 0.2) is 0 Å². The fourth-order valence-corrected chi connectivity index (χ4v) is 7.51. The molecule has 4 bridgehead atoms. The van der Waals surface area contributed by atoms with Crippen LogP contribution in [-0.2, 0) is 9.59 Å². The molecule has 1 aliphatic heterocycles. The predicted octanol–water partition coefficient (Wildman–Crippen LogP) is 3.70. The number of nitrogens with zero attached hydrogens (tertiary/aromatic N) is 2. The van der Waals surface area contributed by atoms with Gasteiger partial charge in [0.2, 0.25) is 11.8 Å². The Hall–Kier alpha value is -2.41. The van der Waals surface area contributed by atoms with Crippen LogP contribution < -0.4 is 10.6 Å². The van der Waals surface area contributed by atoms with E-state index in [0.717, 1.165) is 48.1 Å². The van der Waals surface area contributed by atoms with Crippen molar-refractivity contribution in [3.8, 4) is 0 Å². The van der Waals surface area contributed by atoms with Gasteiger partial charge < -0.3 is 10.2 Å². The Labute approximate surface area is 202 Å². The van der Waals surface area contributed by atoms with Gasteiger partial charge in [0, 0.05) is 31.9 Å². The van der Waals surface area contributed by atoms with Gasteiger partial charge in [-0.15, -0.1) is 0 Å². The van der Waals surface area contributed by atoms with Gasteiger partial charge in [-0.2, -0.15) is 0 Å². The highest BCUT2D eigenvalue weighted by Gasteiger charge is 2.55. The van der Waals surface area contributed by atoms with Crippen molar-refractivity contribution >= 4 is 23.5 Å². The average Bonchev–Trinajstić information content (AvgIpc) is 2.79. The summed E-state index contributed by atoms with van der Waals surface area (Å²) in [5, 5.41) is 5.25. The zero-order valence-electron chi connectivity index (χ0n) is 20.7. The molecule has 0 spiro atoms. The largest absolute Gasteiger partial charge is 0.340 e. The molecule has 0 radical (unpaired) electrons. The first-order valence-electron chi connectivity index (χ1n) is 12.9. The SMILES string of the molecule is Cc1ccc(NC(=O)NC(=O)C(C)N2CCN(C(=O)C34CC5CC(CC(C5)C3)C4)CC2)c(C)c1. The highest BCUT2D eigenvalue weighted by atomic mass is 16.2. The molecule has 5 fully saturated rings. The van der Waals surface area contributed by atoms with Crippen LogP contribution in [0.4, 0.5) is 10.5 Å². The van der Waals surface area contributed by atoms with Crippen molar-refractivity contribution in [2.45, 2.75) is 65.3 Å². The van der Waals surface area contributed by atoms with Crippen molar-refractivity contribution in [3.63, 3.8) is 0 Å². The maximum absolute atomic E-state index is 13.6. The Morgan fingerprint density at radius 1 is 0.941 bits per heavy atom. The molecule has 1 unspecified atom stereocenters. The van der Waals surface area contributed by atoms with Gasteiger partial charge in [0.25, 0.3) is 0 Å². The first-order valence-corrected chi connectivity index (χ1v) is 12.9. The number of benzene rings is 1. The monoisotopic (exact) mass is 466 g/mol. The molecule has 5 aliphatic rings. The lowest BCUT2D eigenvalue weighted by Crippen LogP contribution is -2.60. The van der Waals surface area contributed by atoms with E-state index in [1.54, 1.807) is 0 Å². The molecule has 6 rings (SSSR count). The lowest BCUT2D eigenvalue weighted by atomic mass is 9.49. The van der Waals surface area contributed by atoms with Crippen molar-refractivity contribution < 1.29 is 14.4 Å². The number of hydrogen-bond acceptors (Lipinski definition) is 4. The minimum absolute atomic E-state index is 0.105. The third-order valence-corrected chi connectivity index (χ3v) is 8.89. The molecule has 1 aromatic rings. The van der Waals surface area contributed by atoms with Gasteiger partial charge in [0.05, 0.1) is 11.5 Å². The molecule has 0 aromatic heterocycles. The van der Waals surface area contributed by atoms with Crippen molar-refractivity contribution in [2.24, 2.45) is 23.2 Å². The highest BCUT2D eigenvalue weighted by Crippen LogP contribution is 2.60. The summed E-state index contributed by atoms with van der Waals surface area (Å²) < 4.78 is 0. The number of hydrogen-bond donors (Lipinski definition) is 2. The molecule has 4 amide bonds. The molecule has 4 aliphatic carbocycles. The third-order valence-electron chi connectivity index (χ3n) is 8.89. The van der Waals surface area contributed by atoms with Crippen molar-refractivity contribution in [3.05, 3.63) is 29.3 Å². The van der Waals surface area contributed by atoms with Gasteiger partial charge in [-0.1, -0.05) is 17.7 Å². The Bertz CT molecular complexity index is 947. The van der Waals surface area contributed by atoms with Crippen LogP contribution in [0.5, 0.6) is 0 Å². The van der Waals surface area contributed by atoms with Gasteiger partial charge in [-0.05, 0) is 88.7 Å². The number of amides is 4. The summed E-state index contributed by atoms with van der Waals surface area (Å²) in [4.78, 5) is 42.8. The van der Waals surface area contributed by atoms with Crippen LogP contribution in [0.25, 0.3) is 0 Å². The minimum atomic E-state index is -0.514. The molecule has 7 heteroatoms. The van der Waals surface area contributed by atoms with E-state index in [9.17, 15) is 14.4 Å². The second-order valence-corrected chi connectivity index (χ2v) is 11.5. The van der Waals surface area contributed by atoms with Crippen LogP contribution in [0, 0.1) is 37.0 Å². The van der Waals surface area contributed by atoms with E-state index in [2.05, 4.69) is 20.4 Å². The average molecular weight is 467 g/mol. The maximum atomic E-state index is 13.6. The predicted molar refractivity (Wildman–Crippen MR) is 131 cm³/mol. The van der Waals surface area contributed by atoms with E-state index >= 15 is 0 Å². The number of piperazine rings is 1. The summed E-state index contributed by atoms with van der Waals surface area (Å²) in [5.74, 6) is 2.33. The number of nitrogens with one attached hydrogen (secondary N) is 2. The van der Waals surface area contributed by atoms with Crippen LogP contribution in [0.3, 0.4) is 0 Å². The fraction of sp³-hybridized carbons (Fsp3) is 0.667. The Kier molecular flexibility index (Phi) is 6.17. The van der Waals surface area contributed by atoms with E-state index in [-0.39, 0.29) is 11.3 Å². The molecule has 1 heterocycles. The molecule has 2 N–H and O–H groups in total. The number of carbonyl (C=O) groups excluding carboxylic acids is 3. The molecule has 34 heavy (non-hydrogen) atoms. The van der Waals surface area contributed by atoms with Crippen LogP contribution in [0.15, 0.2) is 18.2 Å². The summed E-state index contributed by atoms with van der Waals surface area (Å²) in [5.41, 5.74) is 2.66. The summed E-state index contributed by atoms with van der Waals surface area (Å²) in [7, 11) is 0. The lowest BCUT2D eigenvalue weighted by molar-refractivity contribution is -0.159. The molecule has 1 saturated heterocycles. The first kappa shape index (κ1) is 23.3. The van der Waals surface area contributed by atoms with E-state index < -0.39 is 12.1 Å². The normalized spacial score (nSPS) is 31.3. The summed E-state index contributed by atoms with van der Waals surface area (Å²) in [6, 6.07) is 4.82. The quantitative estimate of drug-likeness (QED) is 0.709. The fourth-order valence-electron chi connectivity index (χ4n) is 7.51. The Morgan fingerprint density at radius 3 is 2.09 bits per heavy atom. The Balaban J connectivity index is 1.12. The van der Waals surface area contributed by atoms with E-state index in [4.69, 9.17) is 0 Å². The molecule has 4 saturated carbocycles. The number of aryl methyl sites for hydroxylation is 2. The van der Waals surface area contributed by atoms with Crippen molar-refractivity contribution in [2.75, 3.05) is 31.5 Å². The summed E-state index contributed by atoms with van der Waals surface area (Å²) >= 11 is 0. The van der Waals surface area contributed by atoms with Gasteiger partial charge >= 0.3 is 6.03 Å². The van der Waals surface area contributed by atoms with Gasteiger partial charge in [0.1, 0.15) is 0 Å². The molecule has 7 nitrogen and oxygen atoms in total. The minimum Gasteiger partial charge on any atom is -0.340 e. The van der Waals surface area contributed by atoms with Gasteiger partial charge in [-0.3, -0.25) is 19.8 Å². The zero-order chi connectivity index (χ0) is 24.0. The zero-order valence-corrected chi connectivity index (χ0v) is 20.7. The van der Waals surface area contributed by atoms with Gasteiger partial charge in [-0.25, -0.2) is 4.79 Å². The number of urea groups is 1. The van der Waals surface area contributed by atoms with Crippen LogP contribution >= 0.6 is 0 Å². The van der Waals surface area contributed by atoms with Crippen molar-refractivity contribution in [1.82, 2.24) is 15.1 Å². The second-order valence-electron chi connectivity index (χ2n) is 11.5. The smallest absolute Gasteiger partial charge is 0.325 e. The van der Waals surface area contributed by atoms with E-state index in [1.807, 2.05) is 39.0 Å². The molecule has 1 atom stereocenters. The van der Waals surface area contributed by atoms with Crippen LogP contribution in [-0.4, -0.2) is 59.9 Å². The second kappa shape index (κ2) is 8.99. The standard InChI is InChI=1S/C27H38N4O3/c1-17-4-5-23(18(2)10-17)28-26(34)29-24(32)19(3)30-6-8-31(9-7-30)25(33)27-14-20-11-21(15-27)13-22(12-20)16-27/h4-5,10,19-22H,6-9,11-16H2,1-3H3,(H2,28,29,32,34). The molecular formula is C27H38N4O3. The molecule has 184 valence electrons. The summed E-state index contributed by atoms with van der Waals surface area (Å²) in [6.07, 6.45) is 7.28. The lowest BCUT2D eigenvalue weighted by Gasteiger charge is -2.57. The number of carbonyl (C=O) groups is 3.